The molecule has 1 saturated carbocycles. The third-order valence-corrected chi connectivity index (χ3v) is 8.23. The third-order valence-electron chi connectivity index (χ3n) is 8.23. The van der Waals surface area contributed by atoms with E-state index in [2.05, 4.69) is 6.58 Å². The highest BCUT2D eigenvalue weighted by molar-refractivity contribution is 5.89. The Morgan fingerprint density at radius 2 is 1.33 bits per heavy atom. The van der Waals surface area contributed by atoms with Gasteiger partial charge in [0, 0.05) is 23.1 Å². The lowest BCUT2D eigenvalue weighted by molar-refractivity contribution is -0.173. The zero-order valence-corrected chi connectivity index (χ0v) is 24.4. The average molecular weight is 547 g/mol. The van der Waals surface area contributed by atoms with Crippen molar-refractivity contribution in [3.05, 3.63) is 47.1 Å². The molecule has 0 aromatic carbocycles. The topological polar surface area (TPSA) is 124 Å². The zero-order valence-electron chi connectivity index (χ0n) is 24.4. The van der Waals surface area contributed by atoms with Gasteiger partial charge in [-0.3, -0.25) is 0 Å². The largest absolute Gasteiger partial charge is 0.455 e. The fourth-order valence-electron chi connectivity index (χ4n) is 4.82. The maximum absolute atomic E-state index is 12.9. The van der Waals surface area contributed by atoms with Crippen LogP contribution in [-0.2, 0) is 38.1 Å². The van der Waals surface area contributed by atoms with Gasteiger partial charge in [0.25, 0.3) is 0 Å². The summed E-state index contributed by atoms with van der Waals surface area (Å²) >= 11 is 0. The van der Waals surface area contributed by atoms with Crippen molar-refractivity contribution in [2.24, 2.45) is 5.92 Å². The average Bonchev–Trinajstić information content (AvgIpc) is 3.77. The Morgan fingerprint density at radius 1 is 0.872 bits per heavy atom. The Balaban J connectivity index is 2.06. The molecule has 1 N–H and O–H groups in total. The first kappa shape index (κ1) is 30.8. The van der Waals surface area contributed by atoms with Crippen LogP contribution >= 0.6 is 0 Å². The molecule has 2 saturated heterocycles. The van der Waals surface area contributed by atoms with Gasteiger partial charge in [0.15, 0.2) is 0 Å². The van der Waals surface area contributed by atoms with Crippen molar-refractivity contribution in [3.63, 3.8) is 0 Å². The highest BCUT2D eigenvalue weighted by Crippen LogP contribution is 2.54. The first-order valence-corrected chi connectivity index (χ1v) is 13.4. The monoisotopic (exact) mass is 546 g/mol. The molecule has 8 unspecified atom stereocenters. The number of ether oxygens (including phenoxy) is 5. The smallest absolute Gasteiger partial charge is 0.333 e. The summed E-state index contributed by atoms with van der Waals surface area (Å²) in [5, 5.41) is 11.4. The molecule has 0 spiro atoms. The predicted octanol–water partition coefficient (Wildman–Crippen LogP) is 3.89. The molecule has 0 bridgehead atoms. The van der Waals surface area contributed by atoms with E-state index >= 15 is 0 Å². The van der Waals surface area contributed by atoms with E-state index in [9.17, 15) is 19.5 Å². The van der Waals surface area contributed by atoms with E-state index in [1.54, 1.807) is 66.7 Å². The van der Waals surface area contributed by atoms with Crippen molar-refractivity contribution >= 4 is 17.9 Å². The van der Waals surface area contributed by atoms with Crippen molar-refractivity contribution in [2.75, 3.05) is 0 Å². The molecule has 8 atom stereocenters. The van der Waals surface area contributed by atoms with Crippen LogP contribution in [0.5, 0.6) is 0 Å². The van der Waals surface area contributed by atoms with Gasteiger partial charge in [-0.1, -0.05) is 24.8 Å². The fraction of sp³-hybridized carbons (Fsp3) is 0.633. The molecule has 0 aromatic heterocycles. The highest BCUT2D eigenvalue weighted by atomic mass is 16.7. The van der Waals surface area contributed by atoms with E-state index in [1.807, 2.05) is 13.8 Å². The summed E-state index contributed by atoms with van der Waals surface area (Å²) in [7, 11) is 0. The minimum Gasteiger partial charge on any atom is -0.455 e. The van der Waals surface area contributed by atoms with Gasteiger partial charge in [-0.15, -0.1) is 0 Å². The number of rotatable bonds is 10. The molecule has 0 radical (unpaired) electrons. The maximum Gasteiger partial charge on any atom is 0.333 e. The second-order valence-electron chi connectivity index (χ2n) is 11.3. The summed E-state index contributed by atoms with van der Waals surface area (Å²) in [6, 6.07) is 0. The molecule has 1 aliphatic carbocycles. The van der Waals surface area contributed by atoms with Crippen molar-refractivity contribution in [1.29, 1.82) is 0 Å². The Hall–Kier alpha value is -2.75. The zero-order chi connectivity index (χ0) is 29.4. The Labute approximate surface area is 230 Å². The molecule has 216 valence electrons. The summed E-state index contributed by atoms with van der Waals surface area (Å²) < 4.78 is 29.4. The van der Waals surface area contributed by atoms with Crippen LogP contribution in [0.25, 0.3) is 0 Å². The minimum absolute atomic E-state index is 0.216. The lowest BCUT2D eigenvalue weighted by Gasteiger charge is -2.42. The SMILES string of the molecule is C=C(C(CC1OC1(C)C)OC(=O)C(C)=CC)C1C(OC(=O)C(C)=CC)C(O)C2(C)OC2C1OC(=O)C(C)=CC. The summed E-state index contributed by atoms with van der Waals surface area (Å²) in [4.78, 5) is 38.7. The van der Waals surface area contributed by atoms with E-state index in [1.165, 1.54) is 0 Å². The van der Waals surface area contributed by atoms with Crippen LogP contribution in [0, 0.1) is 5.92 Å². The number of carbonyl (C=O) groups excluding carboxylic acids is 3. The lowest BCUT2D eigenvalue weighted by atomic mass is 9.71. The Bertz CT molecular complexity index is 1110. The minimum atomic E-state index is -1.25. The quantitative estimate of drug-likeness (QED) is 0.143. The predicted molar refractivity (Wildman–Crippen MR) is 143 cm³/mol. The molecule has 39 heavy (non-hydrogen) atoms. The van der Waals surface area contributed by atoms with Crippen LogP contribution in [0.15, 0.2) is 47.1 Å². The molecule has 3 rings (SSSR count). The second-order valence-corrected chi connectivity index (χ2v) is 11.3. The Kier molecular flexibility index (Phi) is 8.99. The van der Waals surface area contributed by atoms with E-state index < -0.39 is 65.5 Å². The summed E-state index contributed by atoms with van der Waals surface area (Å²) in [6.07, 6.45) is -0.0297. The number of esters is 3. The second kappa shape index (κ2) is 11.4. The standard InChI is InChI=1S/C30H42O9/c1-11-15(4)26(32)35-19(14-20-29(8,9)38-20)18(7)21-22(36-27(33)16(5)12-2)24(31)30(10)25(39-30)23(21)37-28(34)17(6)13-3/h11-13,19-25,31H,7,14H2,1-6,8-10H3. The van der Waals surface area contributed by atoms with Crippen LogP contribution in [0.3, 0.4) is 0 Å². The summed E-state index contributed by atoms with van der Waals surface area (Å²) in [5.41, 5.74) is -0.0461. The maximum atomic E-state index is 12.9. The number of aliphatic hydroxyl groups is 1. The van der Waals surface area contributed by atoms with Gasteiger partial charge in [0.1, 0.15) is 36.1 Å². The van der Waals surface area contributed by atoms with Crippen molar-refractivity contribution in [2.45, 2.75) is 117 Å². The highest BCUT2D eigenvalue weighted by Gasteiger charge is 2.72. The molecule has 2 aliphatic heterocycles. The number of allylic oxidation sites excluding steroid dienone is 3. The van der Waals surface area contributed by atoms with Gasteiger partial charge in [0.05, 0.1) is 17.6 Å². The first-order valence-electron chi connectivity index (χ1n) is 13.4. The molecule has 0 aromatic rings. The van der Waals surface area contributed by atoms with Crippen LogP contribution in [0.1, 0.15) is 68.7 Å². The van der Waals surface area contributed by atoms with Crippen LogP contribution in [-0.4, -0.2) is 70.8 Å². The fourth-order valence-corrected chi connectivity index (χ4v) is 4.82. The van der Waals surface area contributed by atoms with Gasteiger partial charge in [-0.2, -0.15) is 0 Å². The van der Waals surface area contributed by atoms with Gasteiger partial charge in [-0.05, 0) is 67.9 Å². The molecule has 3 aliphatic rings. The molecule has 0 amide bonds. The number of epoxide rings is 2. The van der Waals surface area contributed by atoms with E-state index in [-0.39, 0.29) is 12.5 Å². The van der Waals surface area contributed by atoms with Gasteiger partial charge >= 0.3 is 17.9 Å². The van der Waals surface area contributed by atoms with Crippen molar-refractivity contribution in [1.82, 2.24) is 0 Å². The molecular formula is C30H42O9. The molecular weight excluding hydrogens is 504 g/mol. The van der Waals surface area contributed by atoms with E-state index in [4.69, 9.17) is 23.7 Å². The van der Waals surface area contributed by atoms with E-state index in [0.29, 0.717) is 22.3 Å². The van der Waals surface area contributed by atoms with Crippen LogP contribution in [0.4, 0.5) is 0 Å². The third kappa shape index (κ3) is 6.21. The number of aliphatic hydroxyl groups excluding tert-OH is 1. The van der Waals surface area contributed by atoms with Gasteiger partial charge in [-0.25, -0.2) is 14.4 Å². The Morgan fingerprint density at radius 3 is 1.79 bits per heavy atom. The number of carbonyl (C=O) groups is 3. The van der Waals surface area contributed by atoms with Crippen molar-refractivity contribution < 1.29 is 43.2 Å². The normalized spacial score (nSPS) is 34.4. The van der Waals surface area contributed by atoms with Crippen LogP contribution in [0.2, 0.25) is 0 Å². The van der Waals surface area contributed by atoms with Gasteiger partial charge in [0.2, 0.25) is 0 Å². The van der Waals surface area contributed by atoms with Crippen LogP contribution < -0.4 is 0 Å². The lowest BCUT2D eigenvalue weighted by Crippen LogP contribution is -2.59. The molecule has 2 heterocycles. The van der Waals surface area contributed by atoms with Crippen molar-refractivity contribution in [3.8, 4) is 0 Å². The molecule has 9 heteroatoms. The number of fused-ring (bicyclic) bond motifs is 1. The summed E-state index contributed by atoms with van der Waals surface area (Å²) in [5.74, 6) is -2.69. The molecule has 9 nitrogen and oxygen atoms in total. The molecule has 3 fully saturated rings. The summed E-state index contributed by atoms with van der Waals surface area (Å²) in [6.45, 7) is 19.8. The van der Waals surface area contributed by atoms with E-state index in [0.717, 1.165) is 0 Å². The van der Waals surface area contributed by atoms with Gasteiger partial charge < -0.3 is 28.8 Å². The number of hydrogen-bond donors (Lipinski definition) is 1. The number of hydrogen-bond acceptors (Lipinski definition) is 9. The first-order chi connectivity index (χ1) is 18.1.